The van der Waals surface area contributed by atoms with Crippen LogP contribution in [0.15, 0.2) is 49.1 Å². The van der Waals surface area contributed by atoms with Gasteiger partial charge in [-0.25, -0.2) is 14.4 Å². The Hall–Kier alpha value is -2.63. The van der Waals surface area contributed by atoms with Gasteiger partial charge in [0.2, 0.25) is 0 Å². The molecule has 22 heavy (non-hydrogen) atoms. The SMILES string of the molecule is C=CC=CC(=C)C(=O)OCCC.CCOC(=O)C=CC(=O)O. The van der Waals surface area contributed by atoms with Crippen molar-refractivity contribution in [3.63, 3.8) is 0 Å². The van der Waals surface area contributed by atoms with Gasteiger partial charge in [-0.2, -0.15) is 0 Å². The highest BCUT2D eigenvalue weighted by Gasteiger charge is 2.02. The molecule has 0 saturated heterocycles. The van der Waals surface area contributed by atoms with Crippen molar-refractivity contribution in [3.8, 4) is 0 Å². The Balaban J connectivity index is 0. The number of rotatable bonds is 8. The van der Waals surface area contributed by atoms with E-state index in [1.165, 1.54) is 0 Å². The number of ether oxygens (including phenoxy) is 2. The fourth-order valence-corrected chi connectivity index (χ4v) is 0.869. The van der Waals surface area contributed by atoms with Crippen LogP contribution in [0.25, 0.3) is 0 Å². The summed E-state index contributed by atoms with van der Waals surface area (Å²) in [7, 11) is 0. The topological polar surface area (TPSA) is 89.9 Å². The van der Waals surface area contributed by atoms with Gasteiger partial charge < -0.3 is 14.6 Å². The first-order chi connectivity index (χ1) is 10.4. The van der Waals surface area contributed by atoms with E-state index >= 15 is 0 Å². The summed E-state index contributed by atoms with van der Waals surface area (Å²) in [5.41, 5.74) is 0.350. The lowest BCUT2D eigenvalue weighted by atomic mass is 10.3. The number of hydrogen-bond acceptors (Lipinski definition) is 5. The summed E-state index contributed by atoms with van der Waals surface area (Å²) >= 11 is 0. The zero-order chi connectivity index (χ0) is 17.4. The second kappa shape index (κ2) is 14.8. The van der Waals surface area contributed by atoms with Crippen LogP contribution in [-0.2, 0) is 23.9 Å². The van der Waals surface area contributed by atoms with Crippen LogP contribution in [-0.4, -0.2) is 36.2 Å². The van der Waals surface area contributed by atoms with Crippen LogP contribution in [0, 0.1) is 0 Å². The van der Waals surface area contributed by atoms with Gasteiger partial charge in [0, 0.05) is 12.2 Å². The number of carboxylic acids is 1. The molecule has 0 radical (unpaired) electrons. The van der Waals surface area contributed by atoms with Crippen LogP contribution < -0.4 is 0 Å². The fraction of sp³-hybridized carbons (Fsp3) is 0.312. The molecule has 0 bridgehead atoms. The monoisotopic (exact) mass is 310 g/mol. The summed E-state index contributed by atoms with van der Waals surface area (Å²) in [5.74, 6) is -2.16. The average molecular weight is 310 g/mol. The molecule has 0 saturated carbocycles. The number of carboxylic acid groups (broad SMARTS) is 1. The molecule has 0 aromatic carbocycles. The number of hydrogen-bond donors (Lipinski definition) is 1. The van der Waals surface area contributed by atoms with Gasteiger partial charge in [-0.15, -0.1) is 0 Å². The third-order valence-corrected chi connectivity index (χ3v) is 1.78. The molecule has 0 amide bonds. The Morgan fingerprint density at radius 2 is 1.73 bits per heavy atom. The molecule has 0 fully saturated rings. The predicted molar refractivity (Wildman–Crippen MR) is 83.1 cm³/mol. The maximum atomic E-state index is 11.0. The molecular formula is C16H22O6. The van der Waals surface area contributed by atoms with Gasteiger partial charge in [-0.05, 0) is 19.4 Å². The second-order valence-electron chi connectivity index (χ2n) is 3.68. The average Bonchev–Trinajstić information content (AvgIpc) is 2.49. The predicted octanol–water partition coefficient (Wildman–Crippen LogP) is 2.43. The molecule has 0 aliphatic heterocycles. The van der Waals surface area contributed by atoms with Crippen LogP contribution in [0.4, 0.5) is 0 Å². The normalized spacial score (nSPS) is 9.73. The van der Waals surface area contributed by atoms with Crippen LogP contribution in [0.1, 0.15) is 20.3 Å². The summed E-state index contributed by atoms with van der Waals surface area (Å²) in [6.07, 6.45) is 7.23. The molecule has 0 spiro atoms. The van der Waals surface area contributed by atoms with Crippen LogP contribution in [0.3, 0.4) is 0 Å². The summed E-state index contributed by atoms with van der Waals surface area (Å²) < 4.78 is 9.23. The van der Waals surface area contributed by atoms with E-state index in [9.17, 15) is 14.4 Å². The molecule has 0 heterocycles. The molecular weight excluding hydrogens is 288 g/mol. The van der Waals surface area contributed by atoms with Crippen molar-refractivity contribution in [2.45, 2.75) is 20.3 Å². The van der Waals surface area contributed by atoms with Crippen molar-refractivity contribution in [2.24, 2.45) is 0 Å². The van der Waals surface area contributed by atoms with Gasteiger partial charge in [-0.1, -0.05) is 32.2 Å². The van der Waals surface area contributed by atoms with Crippen molar-refractivity contribution in [1.82, 2.24) is 0 Å². The lowest BCUT2D eigenvalue weighted by Gasteiger charge is -2.00. The van der Waals surface area contributed by atoms with E-state index in [-0.39, 0.29) is 12.6 Å². The first-order valence-electron chi connectivity index (χ1n) is 6.61. The van der Waals surface area contributed by atoms with Gasteiger partial charge in [0.25, 0.3) is 0 Å². The molecule has 0 unspecified atom stereocenters. The summed E-state index contributed by atoms with van der Waals surface area (Å²) in [5, 5.41) is 8.04. The molecule has 0 rings (SSSR count). The molecule has 0 atom stereocenters. The third kappa shape index (κ3) is 15.4. The van der Waals surface area contributed by atoms with Gasteiger partial charge in [0.15, 0.2) is 0 Å². The maximum absolute atomic E-state index is 11.0. The standard InChI is InChI=1S/C10H14O2.C6H8O4/c1-4-6-7-9(3)10(11)12-8-5-2;1-2-10-6(9)4-3-5(7)8/h4,6-7H,1,3,5,8H2,2H3;3-4H,2H2,1H3,(H,7,8). The first kappa shape index (κ1) is 21.7. The van der Waals surface area contributed by atoms with Crippen molar-refractivity contribution >= 4 is 17.9 Å². The Labute approximate surface area is 130 Å². The Bertz CT molecular complexity index is 446. The first-order valence-corrected chi connectivity index (χ1v) is 6.61. The van der Waals surface area contributed by atoms with Crippen molar-refractivity contribution in [3.05, 3.63) is 49.1 Å². The van der Waals surface area contributed by atoms with E-state index in [1.54, 1.807) is 25.2 Å². The third-order valence-electron chi connectivity index (χ3n) is 1.78. The minimum Gasteiger partial charge on any atom is -0.478 e. The van der Waals surface area contributed by atoms with Crippen LogP contribution in [0.5, 0.6) is 0 Å². The zero-order valence-electron chi connectivity index (χ0n) is 12.9. The largest absolute Gasteiger partial charge is 0.478 e. The summed E-state index contributed by atoms with van der Waals surface area (Å²) in [6.45, 7) is 11.3. The highest BCUT2D eigenvalue weighted by molar-refractivity contribution is 5.91. The Morgan fingerprint density at radius 3 is 2.18 bits per heavy atom. The number of carbonyl (C=O) groups is 3. The molecule has 0 aliphatic carbocycles. The van der Waals surface area contributed by atoms with Crippen LogP contribution >= 0.6 is 0 Å². The van der Waals surface area contributed by atoms with Crippen molar-refractivity contribution in [1.29, 1.82) is 0 Å². The van der Waals surface area contributed by atoms with Crippen molar-refractivity contribution in [2.75, 3.05) is 13.2 Å². The lowest BCUT2D eigenvalue weighted by molar-refractivity contribution is -0.139. The molecule has 6 nitrogen and oxygen atoms in total. The molecule has 6 heteroatoms. The second-order valence-corrected chi connectivity index (χ2v) is 3.68. The van der Waals surface area contributed by atoms with Gasteiger partial charge in [0.1, 0.15) is 0 Å². The smallest absolute Gasteiger partial charge is 0.337 e. The van der Waals surface area contributed by atoms with E-state index < -0.39 is 11.9 Å². The van der Waals surface area contributed by atoms with E-state index in [0.29, 0.717) is 12.2 Å². The number of allylic oxidation sites excluding steroid dienone is 2. The Morgan fingerprint density at radius 1 is 1.09 bits per heavy atom. The number of aliphatic carboxylic acids is 1. The molecule has 0 aliphatic rings. The van der Waals surface area contributed by atoms with E-state index in [4.69, 9.17) is 9.84 Å². The lowest BCUT2D eigenvalue weighted by Crippen LogP contribution is -2.05. The fourth-order valence-electron chi connectivity index (χ4n) is 0.869. The summed E-state index contributed by atoms with van der Waals surface area (Å²) in [4.78, 5) is 31.2. The number of carbonyl (C=O) groups excluding carboxylic acids is 2. The van der Waals surface area contributed by atoms with E-state index in [0.717, 1.165) is 18.6 Å². The van der Waals surface area contributed by atoms with Gasteiger partial charge in [-0.3, -0.25) is 0 Å². The molecule has 0 aromatic heterocycles. The minimum absolute atomic E-state index is 0.253. The quantitative estimate of drug-likeness (QED) is 0.421. The number of esters is 2. The Kier molecular flexibility index (Phi) is 14.5. The zero-order valence-corrected chi connectivity index (χ0v) is 12.9. The van der Waals surface area contributed by atoms with Crippen molar-refractivity contribution < 1.29 is 29.0 Å². The van der Waals surface area contributed by atoms with Gasteiger partial charge in [0.05, 0.1) is 18.8 Å². The van der Waals surface area contributed by atoms with E-state index in [1.807, 2.05) is 6.92 Å². The highest BCUT2D eigenvalue weighted by atomic mass is 16.5. The molecule has 122 valence electrons. The van der Waals surface area contributed by atoms with Crippen LogP contribution in [0.2, 0.25) is 0 Å². The maximum Gasteiger partial charge on any atom is 0.337 e. The summed E-state index contributed by atoms with van der Waals surface area (Å²) in [6, 6.07) is 0. The van der Waals surface area contributed by atoms with E-state index in [2.05, 4.69) is 17.9 Å². The minimum atomic E-state index is -1.16. The highest BCUT2D eigenvalue weighted by Crippen LogP contribution is 1.97. The molecule has 1 N–H and O–H groups in total. The van der Waals surface area contributed by atoms with Gasteiger partial charge >= 0.3 is 17.9 Å². The molecule has 0 aromatic rings.